The molecule has 0 bridgehead atoms. The van der Waals surface area contributed by atoms with E-state index in [1.165, 1.54) is 0 Å². The van der Waals surface area contributed by atoms with Gasteiger partial charge in [-0.05, 0) is 12.1 Å². The highest BCUT2D eigenvalue weighted by Gasteiger charge is 2.01. The second-order valence-corrected chi connectivity index (χ2v) is 1.76. The van der Waals surface area contributed by atoms with Gasteiger partial charge in [-0.25, -0.2) is 4.98 Å². The molecule has 0 saturated heterocycles. The van der Waals surface area contributed by atoms with Gasteiger partial charge < -0.3 is 4.42 Å². The summed E-state index contributed by atoms with van der Waals surface area (Å²) in [7, 11) is 0. The van der Waals surface area contributed by atoms with Crippen molar-refractivity contribution < 1.29 is 4.42 Å². The van der Waals surface area contributed by atoms with Crippen LogP contribution >= 0.6 is 0 Å². The van der Waals surface area contributed by atoms with Crippen LogP contribution in [0.5, 0.6) is 0 Å². The Hall–Kier alpha value is -1.31. The molecule has 2 heteroatoms. The highest BCUT2D eigenvalue weighted by Crippen LogP contribution is 2.17. The zero-order valence-corrected chi connectivity index (χ0v) is 4.66. The van der Waals surface area contributed by atoms with Crippen molar-refractivity contribution in [3.05, 3.63) is 30.8 Å². The number of hydrogen-bond acceptors (Lipinski definition) is 2. The van der Waals surface area contributed by atoms with Crippen molar-refractivity contribution in [2.45, 2.75) is 0 Å². The molecule has 43 valence electrons. The van der Waals surface area contributed by atoms with Gasteiger partial charge in [-0.15, -0.1) is 0 Å². The molecule has 2 heterocycles. The van der Waals surface area contributed by atoms with Crippen molar-refractivity contribution in [3.8, 4) is 11.3 Å². The lowest BCUT2D eigenvalue weighted by Crippen LogP contribution is -1.67. The minimum absolute atomic E-state index is 0.789. The topological polar surface area (TPSA) is 26.0 Å². The lowest BCUT2D eigenvalue weighted by atomic mass is 10.3. The van der Waals surface area contributed by atoms with E-state index in [1.54, 1.807) is 12.5 Å². The largest absolute Gasteiger partial charge is 0.463 e. The molecule has 2 nitrogen and oxygen atoms in total. The second kappa shape index (κ2) is 1.58. The minimum atomic E-state index is 0.789. The maximum atomic E-state index is 5.06. The lowest BCUT2D eigenvalue weighted by Gasteiger charge is -1.89. The molecule has 0 N–H and O–H groups in total. The van der Waals surface area contributed by atoms with Crippen molar-refractivity contribution in [2.24, 2.45) is 0 Å². The first-order chi connectivity index (χ1) is 4.47. The van der Waals surface area contributed by atoms with Gasteiger partial charge in [0.15, 0.2) is 5.76 Å². The Morgan fingerprint density at radius 1 is 1.56 bits per heavy atom. The van der Waals surface area contributed by atoms with Crippen LogP contribution in [0.1, 0.15) is 0 Å². The van der Waals surface area contributed by atoms with Crippen molar-refractivity contribution in [3.63, 3.8) is 0 Å². The number of hydrogen-bond donors (Lipinski definition) is 0. The van der Waals surface area contributed by atoms with E-state index in [-0.39, 0.29) is 0 Å². The average Bonchev–Trinajstić information content (AvgIpc) is 2.33. The molecule has 0 aromatic rings. The van der Waals surface area contributed by atoms with Crippen LogP contribution in [0.3, 0.4) is 0 Å². The first-order valence-corrected chi connectivity index (χ1v) is 2.67. The molecule has 9 heavy (non-hydrogen) atoms. The normalized spacial score (nSPS) is 10.2. The summed E-state index contributed by atoms with van der Waals surface area (Å²) < 4.78 is 5.06. The van der Waals surface area contributed by atoms with Gasteiger partial charge in [-0.3, -0.25) is 0 Å². The van der Waals surface area contributed by atoms with Gasteiger partial charge in [0.25, 0.3) is 0 Å². The summed E-state index contributed by atoms with van der Waals surface area (Å²) in [4.78, 5) is 3.78. The molecular formula is C7H4NO. The zero-order valence-electron chi connectivity index (χ0n) is 4.66. The molecule has 0 aromatic heterocycles. The molecule has 2 rings (SSSR count). The van der Waals surface area contributed by atoms with E-state index in [0.29, 0.717) is 0 Å². The van der Waals surface area contributed by atoms with Crippen LogP contribution in [-0.4, -0.2) is 4.98 Å². The van der Waals surface area contributed by atoms with Crippen LogP contribution in [0.15, 0.2) is 29.0 Å². The van der Waals surface area contributed by atoms with Crippen molar-refractivity contribution in [1.82, 2.24) is 4.98 Å². The Kier molecular flexibility index (Phi) is 0.803. The molecular weight excluding hydrogens is 114 g/mol. The number of aromatic nitrogens is 1. The van der Waals surface area contributed by atoms with Crippen molar-refractivity contribution >= 4 is 0 Å². The van der Waals surface area contributed by atoms with Gasteiger partial charge in [-0.1, -0.05) is 0 Å². The SMILES string of the molecule is [c]1ncc2occcc1-2. The Morgan fingerprint density at radius 2 is 2.56 bits per heavy atom. The Bertz CT molecular complexity index is 249. The highest BCUT2D eigenvalue weighted by atomic mass is 16.3. The molecule has 0 aromatic carbocycles. The van der Waals surface area contributed by atoms with Crippen LogP contribution in [-0.2, 0) is 0 Å². The molecule has 0 fully saturated rings. The first kappa shape index (κ1) is 4.56. The smallest absolute Gasteiger partial charge is 0.154 e. The predicted molar refractivity (Wildman–Crippen MR) is 32.0 cm³/mol. The van der Waals surface area contributed by atoms with E-state index in [0.717, 1.165) is 11.3 Å². The van der Waals surface area contributed by atoms with E-state index >= 15 is 0 Å². The summed E-state index contributed by atoms with van der Waals surface area (Å²) in [5.74, 6) is 0.789. The Labute approximate surface area is 52.5 Å². The fraction of sp³-hybridized carbons (Fsp3) is 0. The molecule has 2 aliphatic heterocycles. The molecule has 2 aliphatic rings. The summed E-state index contributed by atoms with van der Waals surface area (Å²) in [6, 6.07) is 3.73. The molecule has 1 radical (unpaired) electrons. The first-order valence-electron chi connectivity index (χ1n) is 2.67. The number of rotatable bonds is 0. The summed E-state index contributed by atoms with van der Waals surface area (Å²) in [5, 5.41) is 0. The van der Waals surface area contributed by atoms with Gasteiger partial charge in [0, 0.05) is 5.56 Å². The minimum Gasteiger partial charge on any atom is -0.463 e. The average molecular weight is 118 g/mol. The van der Waals surface area contributed by atoms with Crippen molar-refractivity contribution in [2.75, 3.05) is 0 Å². The molecule has 0 saturated carbocycles. The van der Waals surface area contributed by atoms with Crippen LogP contribution in [0.25, 0.3) is 11.3 Å². The second-order valence-electron chi connectivity index (χ2n) is 1.76. The quantitative estimate of drug-likeness (QED) is 0.524. The van der Waals surface area contributed by atoms with E-state index in [9.17, 15) is 0 Å². The maximum Gasteiger partial charge on any atom is 0.154 e. The van der Waals surface area contributed by atoms with Crippen LogP contribution in [0.4, 0.5) is 0 Å². The van der Waals surface area contributed by atoms with Crippen LogP contribution in [0, 0.1) is 6.20 Å². The van der Waals surface area contributed by atoms with E-state index in [1.807, 2.05) is 12.1 Å². The Morgan fingerprint density at radius 3 is 3.44 bits per heavy atom. The molecule has 0 unspecified atom stereocenters. The third-order valence-electron chi connectivity index (χ3n) is 1.17. The number of nitrogens with zero attached hydrogens (tertiary/aromatic N) is 1. The van der Waals surface area contributed by atoms with Gasteiger partial charge >= 0.3 is 0 Å². The summed E-state index contributed by atoms with van der Waals surface area (Å²) in [6.07, 6.45) is 6.05. The highest BCUT2D eigenvalue weighted by molar-refractivity contribution is 5.55. The van der Waals surface area contributed by atoms with Crippen molar-refractivity contribution in [1.29, 1.82) is 0 Å². The molecule has 0 atom stereocenters. The monoisotopic (exact) mass is 118 g/mol. The molecule has 0 amide bonds. The standard InChI is InChI=1S/C7H4NO/c1-2-6-4-8-5-7(6)9-3-1/h1-3,5H. The molecule has 0 spiro atoms. The molecule has 0 aliphatic carbocycles. The van der Waals surface area contributed by atoms with Gasteiger partial charge in [-0.2, -0.15) is 0 Å². The van der Waals surface area contributed by atoms with Gasteiger partial charge in [0.1, 0.15) is 6.20 Å². The van der Waals surface area contributed by atoms with Gasteiger partial charge in [0.05, 0.1) is 12.5 Å². The third kappa shape index (κ3) is 0.598. The van der Waals surface area contributed by atoms with E-state index in [4.69, 9.17) is 4.42 Å². The van der Waals surface area contributed by atoms with Gasteiger partial charge in [0.2, 0.25) is 0 Å². The van der Waals surface area contributed by atoms with E-state index in [2.05, 4.69) is 11.2 Å². The summed E-state index contributed by atoms with van der Waals surface area (Å²) in [6.45, 7) is 0. The summed E-state index contributed by atoms with van der Waals surface area (Å²) >= 11 is 0. The van der Waals surface area contributed by atoms with Crippen LogP contribution in [0.2, 0.25) is 0 Å². The third-order valence-corrected chi connectivity index (χ3v) is 1.17. The zero-order chi connectivity index (χ0) is 6.10. The fourth-order valence-corrected chi connectivity index (χ4v) is 0.746. The lowest BCUT2D eigenvalue weighted by molar-refractivity contribution is 0.566. The number of fused-ring (bicyclic) bond motifs is 1. The van der Waals surface area contributed by atoms with E-state index < -0.39 is 0 Å². The van der Waals surface area contributed by atoms with Crippen LogP contribution < -0.4 is 0 Å². The fourth-order valence-electron chi connectivity index (χ4n) is 0.746. The summed E-state index contributed by atoms with van der Waals surface area (Å²) in [5.41, 5.74) is 0.928. The maximum absolute atomic E-state index is 5.06. The predicted octanol–water partition coefficient (Wildman–Crippen LogP) is 1.58. The Balaban J connectivity index is 2.79.